The first-order valence-electron chi connectivity index (χ1n) is 11.5. The molecule has 0 atom stereocenters. The minimum absolute atomic E-state index is 0.423. The van der Waals surface area contributed by atoms with Crippen LogP contribution in [0.3, 0.4) is 0 Å². The van der Waals surface area contributed by atoms with E-state index in [1.165, 1.54) is 84.8 Å². The van der Waals surface area contributed by atoms with E-state index < -0.39 is 0 Å². The smallest absolute Gasteiger partial charge is 0.0113 e. The minimum Gasteiger partial charge on any atom is -0.301 e. The quantitative estimate of drug-likeness (QED) is 0.639. The second kappa shape index (κ2) is 10.0. The van der Waals surface area contributed by atoms with Crippen molar-refractivity contribution in [2.45, 2.75) is 67.3 Å². The molecule has 0 saturated carbocycles. The maximum Gasteiger partial charge on any atom is 0.0113 e. The highest BCUT2D eigenvalue weighted by Crippen LogP contribution is 2.25. The van der Waals surface area contributed by atoms with Crippen molar-refractivity contribution in [3.63, 3.8) is 0 Å². The van der Waals surface area contributed by atoms with Gasteiger partial charge < -0.3 is 14.7 Å². The maximum atomic E-state index is 2.70. The van der Waals surface area contributed by atoms with Crippen molar-refractivity contribution in [1.82, 2.24) is 19.6 Å². The molecule has 2 fully saturated rings. The van der Waals surface area contributed by atoms with E-state index in [2.05, 4.69) is 68.1 Å². The molecule has 4 heteroatoms. The lowest BCUT2D eigenvalue weighted by atomic mass is 9.86. The molecule has 27 heavy (non-hydrogen) atoms. The Hall–Kier alpha value is -0.160. The monoisotopic (exact) mass is 380 g/mol. The van der Waals surface area contributed by atoms with Gasteiger partial charge in [0.25, 0.3) is 0 Å². The van der Waals surface area contributed by atoms with Gasteiger partial charge in [-0.05, 0) is 44.1 Å². The molecule has 2 saturated heterocycles. The first kappa shape index (κ1) is 23.1. The Balaban J connectivity index is 1.61. The van der Waals surface area contributed by atoms with Crippen LogP contribution < -0.4 is 0 Å². The summed E-state index contributed by atoms with van der Waals surface area (Å²) < 4.78 is 0. The molecule has 0 amide bonds. The van der Waals surface area contributed by atoms with Crippen molar-refractivity contribution in [1.29, 1.82) is 0 Å². The highest BCUT2D eigenvalue weighted by Gasteiger charge is 2.26. The number of rotatable bonds is 8. The van der Waals surface area contributed by atoms with E-state index in [4.69, 9.17) is 0 Å². The minimum atomic E-state index is 0.423. The van der Waals surface area contributed by atoms with Crippen LogP contribution in [0.4, 0.5) is 0 Å². The molecule has 2 aliphatic heterocycles. The Morgan fingerprint density at radius 3 is 1.67 bits per heavy atom. The zero-order valence-electron chi connectivity index (χ0n) is 19.6. The first-order chi connectivity index (χ1) is 12.5. The van der Waals surface area contributed by atoms with E-state index >= 15 is 0 Å². The van der Waals surface area contributed by atoms with E-state index in [1.54, 1.807) is 0 Å². The molecule has 2 aliphatic rings. The van der Waals surface area contributed by atoms with Gasteiger partial charge in [0.05, 0.1) is 0 Å². The summed E-state index contributed by atoms with van der Waals surface area (Å²) in [6.07, 6.45) is 2.69. The Labute approximate surface area is 170 Å². The van der Waals surface area contributed by atoms with Crippen molar-refractivity contribution < 1.29 is 0 Å². The van der Waals surface area contributed by atoms with E-state index in [0.29, 0.717) is 16.9 Å². The lowest BCUT2D eigenvalue weighted by Crippen LogP contribution is -2.51. The second-order valence-corrected chi connectivity index (χ2v) is 11.4. The Morgan fingerprint density at radius 1 is 0.667 bits per heavy atom. The van der Waals surface area contributed by atoms with Crippen molar-refractivity contribution >= 4 is 0 Å². The van der Waals surface area contributed by atoms with Crippen LogP contribution in [0.25, 0.3) is 0 Å². The zero-order chi connectivity index (χ0) is 20.1. The molecule has 0 spiro atoms. The van der Waals surface area contributed by atoms with Gasteiger partial charge in [-0.25, -0.2) is 0 Å². The van der Waals surface area contributed by atoms with Crippen LogP contribution in [0.5, 0.6) is 0 Å². The summed E-state index contributed by atoms with van der Waals surface area (Å²) in [5, 5.41) is 0. The molecule has 2 rings (SSSR count). The summed E-state index contributed by atoms with van der Waals surface area (Å²) in [5.74, 6) is 0. The molecular formula is C23H48N4. The third-order valence-corrected chi connectivity index (χ3v) is 6.28. The summed E-state index contributed by atoms with van der Waals surface area (Å²) >= 11 is 0. The number of hydrogen-bond donors (Lipinski definition) is 0. The van der Waals surface area contributed by atoms with Crippen LogP contribution in [0.15, 0.2) is 0 Å². The molecule has 0 aromatic heterocycles. The van der Waals surface area contributed by atoms with Crippen molar-refractivity contribution in [3.8, 4) is 0 Å². The Morgan fingerprint density at radius 2 is 1.15 bits per heavy atom. The van der Waals surface area contributed by atoms with Crippen LogP contribution in [0, 0.1) is 10.8 Å². The van der Waals surface area contributed by atoms with Gasteiger partial charge in [-0.2, -0.15) is 0 Å². The number of hydrogen-bond acceptors (Lipinski definition) is 4. The van der Waals surface area contributed by atoms with Gasteiger partial charge in [0, 0.05) is 71.5 Å². The van der Waals surface area contributed by atoms with Crippen LogP contribution >= 0.6 is 0 Å². The number of nitrogens with zero attached hydrogens (tertiary/aromatic N) is 4. The van der Waals surface area contributed by atoms with Crippen LogP contribution in [0.2, 0.25) is 0 Å². The first-order valence-corrected chi connectivity index (χ1v) is 11.5. The van der Waals surface area contributed by atoms with Gasteiger partial charge in [-0.1, -0.05) is 34.6 Å². The summed E-state index contributed by atoms with van der Waals surface area (Å²) in [6.45, 7) is 30.4. The van der Waals surface area contributed by atoms with Crippen molar-refractivity contribution in [2.24, 2.45) is 10.8 Å². The largest absolute Gasteiger partial charge is 0.301 e. The predicted octanol–water partition coefficient (Wildman–Crippen LogP) is 3.48. The summed E-state index contributed by atoms with van der Waals surface area (Å²) in [6, 6.07) is 0.698. The molecule has 160 valence electrons. The SMILES string of the molecule is CC(C)N1CCN(CC(C)(C)CCCN2CCN(CC(C)(C)C)CC2)CC1. The van der Waals surface area contributed by atoms with Gasteiger partial charge in [-0.15, -0.1) is 0 Å². The molecule has 0 radical (unpaired) electrons. The summed E-state index contributed by atoms with van der Waals surface area (Å²) in [5.41, 5.74) is 0.862. The molecule has 0 unspecified atom stereocenters. The fourth-order valence-electron chi connectivity index (χ4n) is 4.75. The average Bonchev–Trinajstić information content (AvgIpc) is 2.55. The third kappa shape index (κ3) is 8.81. The summed E-state index contributed by atoms with van der Waals surface area (Å²) in [4.78, 5) is 10.7. The zero-order valence-corrected chi connectivity index (χ0v) is 19.6. The van der Waals surface area contributed by atoms with Gasteiger partial charge in [0.2, 0.25) is 0 Å². The predicted molar refractivity (Wildman–Crippen MR) is 118 cm³/mol. The van der Waals surface area contributed by atoms with Crippen LogP contribution in [0.1, 0.15) is 61.3 Å². The van der Waals surface area contributed by atoms with Crippen molar-refractivity contribution in [3.05, 3.63) is 0 Å². The van der Waals surface area contributed by atoms with Crippen LogP contribution in [-0.4, -0.2) is 97.6 Å². The molecule has 2 heterocycles. The van der Waals surface area contributed by atoms with E-state index in [-0.39, 0.29) is 0 Å². The average molecular weight is 381 g/mol. The fourth-order valence-corrected chi connectivity index (χ4v) is 4.75. The molecule has 4 nitrogen and oxygen atoms in total. The van der Waals surface area contributed by atoms with E-state index in [0.717, 1.165) is 0 Å². The highest BCUT2D eigenvalue weighted by atomic mass is 15.3. The Bertz CT molecular complexity index is 411. The topological polar surface area (TPSA) is 13.0 Å². The summed E-state index contributed by atoms with van der Waals surface area (Å²) in [7, 11) is 0. The highest BCUT2D eigenvalue weighted by molar-refractivity contribution is 4.81. The van der Waals surface area contributed by atoms with E-state index in [9.17, 15) is 0 Å². The van der Waals surface area contributed by atoms with Gasteiger partial charge >= 0.3 is 0 Å². The molecule has 0 aromatic rings. The molecule has 0 aliphatic carbocycles. The van der Waals surface area contributed by atoms with Gasteiger partial charge in [-0.3, -0.25) is 4.90 Å². The molecule has 0 bridgehead atoms. The second-order valence-electron chi connectivity index (χ2n) is 11.4. The van der Waals surface area contributed by atoms with Crippen molar-refractivity contribution in [2.75, 3.05) is 72.0 Å². The van der Waals surface area contributed by atoms with Gasteiger partial charge in [0.15, 0.2) is 0 Å². The maximum absolute atomic E-state index is 2.70. The fraction of sp³-hybridized carbons (Fsp3) is 1.00. The third-order valence-electron chi connectivity index (χ3n) is 6.28. The normalized spacial score (nSPS) is 22.7. The van der Waals surface area contributed by atoms with Gasteiger partial charge in [0.1, 0.15) is 0 Å². The molecule has 0 aromatic carbocycles. The Kier molecular flexibility index (Phi) is 8.60. The number of piperazine rings is 2. The lowest BCUT2D eigenvalue weighted by molar-refractivity contribution is 0.0728. The molecular weight excluding hydrogens is 332 g/mol. The lowest BCUT2D eigenvalue weighted by Gasteiger charge is -2.41. The van der Waals surface area contributed by atoms with E-state index in [1.807, 2.05) is 0 Å². The molecule has 0 N–H and O–H groups in total. The van der Waals surface area contributed by atoms with Crippen LogP contribution in [-0.2, 0) is 0 Å². The standard InChI is InChI=1S/C23H48N4/c1-21(2)27-17-15-26(16-18-27)20-23(6,7)9-8-10-24-11-13-25(14-12-24)19-22(3,4)5/h21H,8-20H2,1-7H3.